The summed E-state index contributed by atoms with van der Waals surface area (Å²) in [4.78, 5) is 16.7. The van der Waals surface area contributed by atoms with E-state index in [0.29, 0.717) is 18.1 Å². The third kappa shape index (κ3) is 3.20. The number of phenolic OH excluding ortho intramolecular Hbond substituents is 1. The summed E-state index contributed by atoms with van der Waals surface area (Å²) in [6, 6.07) is 10.9. The van der Waals surface area contributed by atoms with Crippen LogP contribution in [-0.4, -0.2) is 42.1 Å². The van der Waals surface area contributed by atoms with Gasteiger partial charge in [-0.15, -0.1) is 0 Å². The first-order valence-corrected chi connectivity index (χ1v) is 8.44. The van der Waals surface area contributed by atoms with Crippen LogP contribution in [0.15, 0.2) is 36.4 Å². The molecule has 0 radical (unpaired) electrons. The quantitative estimate of drug-likeness (QED) is 0.904. The van der Waals surface area contributed by atoms with Gasteiger partial charge in [-0.1, -0.05) is 23.7 Å². The van der Waals surface area contributed by atoms with E-state index < -0.39 is 0 Å². The number of piperazine rings is 1. The van der Waals surface area contributed by atoms with E-state index in [0.717, 1.165) is 13.1 Å². The number of carbonyl (C=O) groups excluding carboxylic acids is 1. The smallest absolute Gasteiger partial charge is 0.257 e. The van der Waals surface area contributed by atoms with Crippen LogP contribution < -0.4 is 4.90 Å². The molecule has 3 rings (SSSR count). The number of aryl methyl sites for hydroxylation is 1. The Labute approximate surface area is 147 Å². The fourth-order valence-electron chi connectivity index (χ4n) is 3.08. The average Bonchev–Trinajstić information content (AvgIpc) is 2.59. The molecule has 0 spiro atoms. The Kier molecular flexibility index (Phi) is 4.67. The number of hydrogen-bond donors (Lipinski definition) is 1. The molecule has 5 heteroatoms. The number of benzene rings is 2. The van der Waals surface area contributed by atoms with E-state index in [1.54, 1.807) is 11.0 Å². The maximum atomic E-state index is 12.6. The van der Waals surface area contributed by atoms with Gasteiger partial charge in [-0.2, -0.15) is 0 Å². The van der Waals surface area contributed by atoms with Gasteiger partial charge in [-0.3, -0.25) is 4.79 Å². The van der Waals surface area contributed by atoms with Crippen LogP contribution in [0.4, 0.5) is 5.69 Å². The number of rotatable bonds is 2. The van der Waals surface area contributed by atoms with Gasteiger partial charge >= 0.3 is 0 Å². The molecule has 24 heavy (non-hydrogen) atoms. The zero-order valence-electron chi connectivity index (χ0n) is 13.9. The molecule has 1 aliphatic rings. The van der Waals surface area contributed by atoms with Crippen molar-refractivity contribution in [2.24, 2.45) is 0 Å². The lowest BCUT2D eigenvalue weighted by Crippen LogP contribution is -2.49. The van der Waals surface area contributed by atoms with Gasteiger partial charge in [0.15, 0.2) is 0 Å². The summed E-state index contributed by atoms with van der Waals surface area (Å²) in [5.74, 6) is -0.197. The predicted molar refractivity (Wildman–Crippen MR) is 97.1 cm³/mol. The second-order valence-corrected chi connectivity index (χ2v) is 6.60. The molecule has 1 N–H and O–H groups in total. The van der Waals surface area contributed by atoms with Crippen LogP contribution in [0.5, 0.6) is 5.75 Å². The van der Waals surface area contributed by atoms with Gasteiger partial charge in [0.25, 0.3) is 5.91 Å². The lowest BCUT2D eigenvalue weighted by molar-refractivity contribution is 0.0743. The normalized spacial score (nSPS) is 14.8. The summed E-state index contributed by atoms with van der Waals surface area (Å²) in [6.45, 7) is 7.04. The largest absolute Gasteiger partial charge is 0.507 e. The van der Waals surface area contributed by atoms with E-state index in [2.05, 4.69) is 36.9 Å². The Morgan fingerprint density at radius 1 is 1.08 bits per heavy atom. The molecular formula is C19H21ClN2O2. The minimum atomic E-state index is -0.171. The van der Waals surface area contributed by atoms with E-state index >= 15 is 0 Å². The van der Waals surface area contributed by atoms with Crippen molar-refractivity contribution >= 4 is 23.2 Å². The van der Waals surface area contributed by atoms with Gasteiger partial charge in [0.2, 0.25) is 0 Å². The van der Waals surface area contributed by atoms with E-state index in [1.165, 1.54) is 28.9 Å². The van der Waals surface area contributed by atoms with Crippen LogP contribution in [0, 0.1) is 13.8 Å². The van der Waals surface area contributed by atoms with E-state index in [1.807, 2.05) is 0 Å². The molecule has 4 nitrogen and oxygen atoms in total. The van der Waals surface area contributed by atoms with Crippen molar-refractivity contribution in [1.29, 1.82) is 0 Å². The molecule has 126 valence electrons. The molecule has 1 saturated heterocycles. The zero-order valence-corrected chi connectivity index (χ0v) is 14.7. The number of anilines is 1. The van der Waals surface area contributed by atoms with Gasteiger partial charge in [0.1, 0.15) is 5.75 Å². The monoisotopic (exact) mass is 344 g/mol. The summed E-state index contributed by atoms with van der Waals surface area (Å²) in [5.41, 5.74) is 4.05. The summed E-state index contributed by atoms with van der Waals surface area (Å²) in [7, 11) is 0. The van der Waals surface area contributed by atoms with Crippen molar-refractivity contribution in [1.82, 2.24) is 4.90 Å². The highest BCUT2D eigenvalue weighted by molar-refractivity contribution is 6.31. The second kappa shape index (κ2) is 6.73. The average molecular weight is 345 g/mol. The molecule has 1 heterocycles. The van der Waals surface area contributed by atoms with Gasteiger partial charge in [-0.25, -0.2) is 0 Å². The maximum Gasteiger partial charge on any atom is 0.257 e. The van der Waals surface area contributed by atoms with Crippen molar-refractivity contribution in [2.75, 3.05) is 31.1 Å². The van der Waals surface area contributed by atoms with Gasteiger partial charge in [0.05, 0.1) is 5.56 Å². The van der Waals surface area contributed by atoms with Crippen molar-refractivity contribution in [3.63, 3.8) is 0 Å². The van der Waals surface area contributed by atoms with Gasteiger partial charge in [-0.05, 0) is 49.2 Å². The maximum absolute atomic E-state index is 12.6. The number of amides is 1. The van der Waals surface area contributed by atoms with Crippen molar-refractivity contribution < 1.29 is 9.90 Å². The third-order valence-electron chi connectivity index (χ3n) is 4.67. The fourth-order valence-corrected chi connectivity index (χ4v) is 3.25. The van der Waals surface area contributed by atoms with Crippen LogP contribution in [0.25, 0.3) is 0 Å². The SMILES string of the molecule is Cc1cccc(N2CCN(C(=O)c3cc(Cl)ccc3O)CC2)c1C. The molecular weight excluding hydrogens is 324 g/mol. The summed E-state index contributed by atoms with van der Waals surface area (Å²) in [6.07, 6.45) is 0. The molecule has 0 saturated carbocycles. The number of phenols is 1. The molecule has 0 aromatic heterocycles. The van der Waals surface area contributed by atoms with Crippen LogP contribution >= 0.6 is 11.6 Å². The first kappa shape index (κ1) is 16.7. The Balaban J connectivity index is 1.72. The van der Waals surface area contributed by atoms with Gasteiger partial charge < -0.3 is 14.9 Å². The van der Waals surface area contributed by atoms with Crippen LogP contribution in [0.3, 0.4) is 0 Å². The van der Waals surface area contributed by atoms with Crippen LogP contribution in [0.2, 0.25) is 5.02 Å². The first-order valence-electron chi connectivity index (χ1n) is 8.06. The highest BCUT2D eigenvalue weighted by Gasteiger charge is 2.25. The van der Waals surface area contributed by atoms with Crippen LogP contribution in [0.1, 0.15) is 21.5 Å². The summed E-state index contributed by atoms with van der Waals surface area (Å²) < 4.78 is 0. The Hall–Kier alpha value is -2.20. The lowest BCUT2D eigenvalue weighted by Gasteiger charge is -2.37. The van der Waals surface area contributed by atoms with E-state index in [-0.39, 0.29) is 17.2 Å². The second-order valence-electron chi connectivity index (χ2n) is 6.16. The standard InChI is InChI=1S/C19H21ClN2O2/c1-13-4-3-5-17(14(13)2)21-8-10-22(11-9-21)19(24)16-12-15(20)6-7-18(16)23/h3-7,12,23H,8-11H2,1-2H3. The Bertz CT molecular complexity index is 768. The molecule has 0 bridgehead atoms. The topological polar surface area (TPSA) is 43.8 Å². The fraction of sp³-hybridized carbons (Fsp3) is 0.316. The number of hydrogen-bond acceptors (Lipinski definition) is 3. The van der Waals surface area contributed by atoms with Gasteiger partial charge in [0, 0.05) is 36.9 Å². The van der Waals surface area contributed by atoms with Crippen LogP contribution in [-0.2, 0) is 0 Å². The zero-order chi connectivity index (χ0) is 17.3. The molecule has 1 fully saturated rings. The number of aromatic hydroxyl groups is 1. The first-order chi connectivity index (χ1) is 11.5. The molecule has 1 aliphatic heterocycles. The highest BCUT2D eigenvalue weighted by Crippen LogP contribution is 2.26. The van der Waals surface area contributed by atoms with Crippen molar-refractivity contribution in [2.45, 2.75) is 13.8 Å². The van der Waals surface area contributed by atoms with Crippen molar-refractivity contribution in [3.05, 3.63) is 58.1 Å². The number of carbonyl (C=O) groups is 1. The summed E-state index contributed by atoms with van der Waals surface area (Å²) in [5, 5.41) is 10.4. The number of nitrogens with zero attached hydrogens (tertiary/aromatic N) is 2. The minimum Gasteiger partial charge on any atom is -0.507 e. The molecule has 0 atom stereocenters. The summed E-state index contributed by atoms with van der Waals surface area (Å²) >= 11 is 5.95. The molecule has 0 aliphatic carbocycles. The minimum absolute atomic E-state index is 0.0265. The highest BCUT2D eigenvalue weighted by atomic mass is 35.5. The molecule has 2 aromatic carbocycles. The van der Waals surface area contributed by atoms with E-state index in [4.69, 9.17) is 11.6 Å². The Morgan fingerprint density at radius 2 is 1.79 bits per heavy atom. The Morgan fingerprint density at radius 3 is 2.50 bits per heavy atom. The molecule has 2 aromatic rings. The van der Waals surface area contributed by atoms with Crippen molar-refractivity contribution in [3.8, 4) is 5.75 Å². The molecule has 1 amide bonds. The lowest BCUT2D eigenvalue weighted by atomic mass is 10.1. The third-order valence-corrected chi connectivity index (χ3v) is 4.91. The number of halogens is 1. The predicted octanol–water partition coefficient (Wildman–Crippen LogP) is 3.62. The molecule has 0 unspecified atom stereocenters. The van der Waals surface area contributed by atoms with E-state index in [9.17, 15) is 9.90 Å².